The van der Waals surface area contributed by atoms with E-state index in [0.29, 0.717) is 5.02 Å². The van der Waals surface area contributed by atoms with E-state index >= 15 is 0 Å². The van der Waals surface area contributed by atoms with Crippen molar-refractivity contribution in [2.24, 2.45) is 11.3 Å². The molecule has 1 aliphatic rings. The molecule has 2 rings (SSSR count). The molecule has 0 saturated heterocycles. The summed E-state index contributed by atoms with van der Waals surface area (Å²) in [6.07, 6.45) is 3.34. The summed E-state index contributed by atoms with van der Waals surface area (Å²) in [5.41, 5.74) is 0.941. The lowest BCUT2D eigenvalue weighted by Crippen LogP contribution is -2.35. The normalized spacial score (nSPS) is 18.7. The van der Waals surface area contributed by atoms with Gasteiger partial charge in [-0.25, -0.2) is 4.39 Å². The molecule has 0 bridgehead atoms. The van der Waals surface area contributed by atoms with Crippen molar-refractivity contribution in [3.63, 3.8) is 0 Å². The van der Waals surface area contributed by atoms with Crippen molar-refractivity contribution in [3.8, 4) is 0 Å². The van der Waals surface area contributed by atoms with Gasteiger partial charge >= 0.3 is 0 Å². The van der Waals surface area contributed by atoms with Crippen molar-refractivity contribution in [2.45, 2.75) is 33.1 Å². The van der Waals surface area contributed by atoms with Gasteiger partial charge in [-0.05, 0) is 54.8 Å². The molecule has 0 aromatic heterocycles. The average molecular weight is 270 g/mol. The van der Waals surface area contributed by atoms with Crippen LogP contribution < -0.4 is 5.32 Å². The van der Waals surface area contributed by atoms with Crippen LogP contribution in [0, 0.1) is 17.2 Å². The molecule has 100 valence electrons. The molecule has 1 N–H and O–H groups in total. The predicted octanol–water partition coefficient (Wildman–Crippen LogP) is 4.05. The van der Waals surface area contributed by atoms with E-state index in [1.807, 2.05) is 6.07 Å². The van der Waals surface area contributed by atoms with E-state index in [-0.39, 0.29) is 11.2 Å². The van der Waals surface area contributed by atoms with Crippen LogP contribution in [0.15, 0.2) is 18.2 Å². The van der Waals surface area contributed by atoms with Crippen LogP contribution in [0.4, 0.5) is 4.39 Å². The standard InChI is InChI=1S/C15H21ClFN/c1-3-18-10-15(2,12-5-6-12)9-11-4-7-13(16)8-14(11)17/h4,7-8,12,18H,3,5-6,9-10H2,1-2H3. The van der Waals surface area contributed by atoms with Crippen molar-refractivity contribution in [1.29, 1.82) is 0 Å². The van der Waals surface area contributed by atoms with Crippen LogP contribution in [-0.2, 0) is 6.42 Å². The third-order valence-electron chi connectivity index (χ3n) is 3.95. The number of nitrogens with one attached hydrogen (secondary N) is 1. The second kappa shape index (κ2) is 5.58. The molecule has 18 heavy (non-hydrogen) atoms. The second-order valence-electron chi connectivity index (χ2n) is 5.62. The van der Waals surface area contributed by atoms with Crippen LogP contribution in [0.3, 0.4) is 0 Å². The molecule has 0 heterocycles. The zero-order valence-corrected chi connectivity index (χ0v) is 11.9. The molecule has 1 fully saturated rings. The highest BCUT2D eigenvalue weighted by Gasteiger charge is 2.41. The molecule has 0 spiro atoms. The SMILES string of the molecule is CCNCC(C)(Cc1ccc(Cl)cc1F)C1CC1. The summed E-state index contributed by atoms with van der Waals surface area (Å²) in [4.78, 5) is 0. The maximum absolute atomic E-state index is 13.9. The van der Waals surface area contributed by atoms with Gasteiger partial charge in [-0.15, -0.1) is 0 Å². The van der Waals surface area contributed by atoms with Gasteiger partial charge in [0.05, 0.1) is 0 Å². The van der Waals surface area contributed by atoms with Crippen molar-refractivity contribution >= 4 is 11.6 Å². The average Bonchev–Trinajstić information content (AvgIpc) is 3.15. The van der Waals surface area contributed by atoms with Gasteiger partial charge in [-0.2, -0.15) is 0 Å². The Hall–Kier alpha value is -0.600. The summed E-state index contributed by atoms with van der Waals surface area (Å²) >= 11 is 5.79. The van der Waals surface area contributed by atoms with E-state index in [1.54, 1.807) is 6.07 Å². The molecule has 3 heteroatoms. The highest BCUT2D eigenvalue weighted by atomic mass is 35.5. The lowest BCUT2D eigenvalue weighted by Gasteiger charge is -2.30. The van der Waals surface area contributed by atoms with Gasteiger partial charge in [0.25, 0.3) is 0 Å². The molecule has 1 atom stereocenters. The largest absolute Gasteiger partial charge is 0.316 e. The van der Waals surface area contributed by atoms with E-state index in [0.717, 1.165) is 31.0 Å². The Bertz CT molecular complexity index is 417. The summed E-state index contributed by atoms with van der Waals surface area (Å²) < 4.78 is 13.9. The van der Waals surface area contributed by atoms with E-state index in [2.05, 4.69) is 19.2 Å². The lowest BCUT2D eigenvalue weighted by atomic mass is 9.78. The Balaban J connectivity index is 2.12. The molecule has 0 aliphatic heterocycles. The summed E-state index contributed by atoms with van der Waals surface area (Å²) in [7, 11) is 0. The monoisotopic (exact) mass is 269 g/mol. The van der Waals surface area contributed by atoms with Crippen LogP contribution in [0.25, 0.3) is 0 Å². The number of hydrogen-bond donors (Lipinski definition) is 1. The van der Waals surface area contributed by atoms with Crippen LogP contribution >= 0.6 is 11.6 Å². The molecule has 1 aromatic rings. The minimum Gasteiger partial charge on any atom is -0.316 e. The quantitative estimate of drug-likeness (QED) is 0.822. The second-order valence-corrected chi connectivity index (χ2v) is 6.06. The summed E-state index contributed by atoms with van der Waals surface area (Å²) in [6, 6.07) is 5.02. The van der Waals surface area contributed by atoms with Gasteiger partial charge in [-0.1, -0.05) is 31.5 Å². The molecule has 1 aromatic carbocycles. The molecule has 1 nitrogen and oxygen atoms in total. The molecule has 0 amide bonds. The summed E-state index contributed by atoms with van der Waals surface area (Å²) in [5, 5.41) is 3.88. The summed E-state index contributed by atoms with van der Waals surface area (Å²) in [6.45, 7) is 6.29. The predicted molar refractivity (Wildman–Crippen MR) is 74.5 cm³/mol. The van der Waals surface area contributed by atoms with Gasteiger partial charge in [-0.3, -0.25) is 0 Å². The van der Waals surface area contributed by atoms with Crippen LogP contribution in [0.2, 0.25) is 5.02 Å². The van der Waals surface area contributed by atoms with E-state index in [1.165, 1.54) is 18.9 Å². The Morgan fingerprint density at radius 3 is 2.72 bits per heavy atom. The van der Waals surface area contributed by atoms with Gasteiger partial charge < -0.3 is 5.32 Å². The zero-order chi connectivity index (χ0) is 13.2. The molecular weight excluding hydrogens is 249 g/mol. The first-order valence-electron chi connectivity index (χ1n) is 6.70. The van der Waals surface area contributed by atoms with Crippen molar-refractivity contribution < 1.29 is 4.39 Å². The number of benzene rings is 1. The first-order chi connectivity index (χ1) is 8.55. The van der Waals surface area contributed by atoms with Crippen molar-refractivity contribution in [1.82, 2.24) is 5.32 Å². The fraction of sp³-hybridized carbons (Fsp3) is 0.600. The molecule has 1 saturated carbocycles. The van der Waals surface area contributed by atoms with Crippen molar-refractivity contribution in [3.05, 3.63) is 34.6 Å². The minimum absolute atomic E-state index is 0.157. The Labute approximate surface area is 114 Å². The highest BCUT2D eigenvalue weighted by molar-refractivity contribution is 6.30. The van der Waals surface area contributed by atoms with Crippen LogP contribution in [-0.4, -0.2) is 13.1 Å². The van der Waals surface area contributed by atoms with E-state index in [4.69, 9.17) is 11.6 Å². The maximum atomic E-state index is 13.9. The molecule has 1 unspecified atom stereocenters. The van der Waals surface area contributed by atoms with Crippen LogP contribution in [0.1, 0.15) is 32.3 Å². The fourth-order valence-electron chi connectivity index (χ4n) is 2.64. The van der Waals surface area contributed by atoms with Crippen LogP contribution in [0.5, 0.6) is 0 Å². The molecular formula is C15H21ClFN. The first-order valence-corrected chi connectivity index (χ1v) is 7.07. The first kappa shape index (κ1) is 13.8. The zero-order valence-electron chi connectivity index (χ0n) is 11.1. The highest BCUT2D eigenvalue weighted by Crippen LogP contribution is 2.47. The third-order valence-corrected chi connectivity index (χ3v) is 4.19. The Kier molecular flexibility index (Phi) is 4.29. The fourth-order valence-corrected chi connectivity index (χ4v) is 2.80. The van der Waals surface area contributed by atoms with E-state index in [9.17, 15) is 4.39 Å². The Morgan fingerprint density at radius 1 is 1.44 bits per heavy atom. The Morgan fingerprint density at radius 2 is 2.17 bits per heavy atom. The van der Waals surface area contributed by atoms with E-state index < -0.39 is 0 Å². The molecule has 0 radical (unpaired) electrons. The van der Waals surface area contributed by atoms with Gasteiger partial charge in [0.1, 0.15) is 5.82 Å². The maximum Gasteiger partial charge on any atom is 0.127 e. The van der Waals surface area contributed by atoms with Gasteiger partial charge in [0.2, 0.25) is 0 Å². The number of rotatable bonds is 6. The molecule has 1 aliphatic carbocycles. The number of hydrogen-bond acceptors (Lipinski definition) is 1. The van der Waals surface area contributed by atoms with Gasteiger partial charge in [0, 0.05) is 11.6 Å². The number of halogens is 2. The van der Waals surface area contributed by atoms with Crippen molar-refractivity contribution in [2.75, 3.05) is 13.1 Å². The summed E-state index contributed by atoms with van der Waals surface area (Å²) in [5.74, 6) is 0.553. The third kappa shape index (κ3) is 3.24. The lowest BCUT2D eigenvalue weighted by molar-refractivity contribution is 0.255. The minimum atomic E-state index is -0.175. The smallest absolute Gasteiger partial charge is 0.127 e. The topological polar surface area (TPSA) is 12.0 Å². The van der Waals surface area contributed by atoms with Gasteiger partial charge in [0.15, 0.2) is 0 Å².